The van der Waals surface area contributed by atoms with Crippen LogP contribution in [0.15, 0.2) is 12.3 Å². The van der Waals surface area contributed by atoms with Gasteiger partial charge in [-0.2, -0.15) is 0 Å². The molecule has 0 aromatic rings. The van der Waals surface area contributed by atoms with Crippen LogP contribution < -0.4 is 0 Å². The quantitative estimate of drug-likeness (QED) is 0.393. The Morgan fingerprint density at radius 2 is 2.20 bits per heavy atom. The summed E-state index contributed by atoms with van der Waals surface area (Å²) < 4.78 is 0. The van der Waals surface area contributed by atoms with Crippen LogP contribution in [0.4, 0.5) is 0 Å². The Balaban J connectivity index is 2.83. The van der Waals surface area contributed by atoms with Crippen LogP contribution in [0.2, 0.25) is 0 Å². The molecule has 0 saturated heterocycles. The molecule has 30 valence electrons. The van der Waals surface area contributed by atoms with Gasteiger partial charge in [-0.3, -0.25) is 0 Å². The second kappa shape index (κ2) is 2.38. The molecule has 0 heterocycles. The molecule has 0 fully saturated rings. The molecule has 0 aliphatic rings. The van der Waals surface area contributed by atoms with Gasteiger partial charge in [-0.1, -0.05) is 5.70 Å². The maximum Gasteiger partial charge on any atom is 0.172 e. The zero-order valence-corrected chi connectivity index (χ0v) is 6.46. The maximum absolute atomic E-state index is 8.44. The summed E-state index contributed by atoms with van der Waals surface area (Å²) in [6, 6.07) is 0. The normalized spacial score (nSPS) is 14.6. The predicted octanol–water partition coefficient (Wildman–Crippen LogP) is -1.71. The van der Waals surface area contributed by atoms with Crippen molar-refractivity contribution in [2.24, 2.45) is 0 Å². The molecular formula is C2H8OSi2. The zero-order valence-electron chi connectivity index (χ0n) is 3.31. The summed E-state index contributed by atoms with van der Waals surface area (Å²) in [6.07, 6.45) is 0. The van der Waals surface area contributed by atoms with Gasteiger partial charge in [0.2, 0.25) is 0 Å². The van der Waals surface area contributed by atoms with E-state index in [2.05, 4.69) is 6.58 Å². The molecule has 1 atom stereocenters. The fraction of sp³-hybridized carbons (Fsp3) is 0. The van der Waals surface area contributed by atoms with E-state index in [1.165, 1.54) is 0 Å². The summed E-state index contributed by atoms with van der Waals surface area (Å²) in [5.41, 5.74) is 1.67. The highest BCUT2D eigenvalue weighted by Gasteiger charge is 1.80. The van der Waals surface area contributed by atoms with Gasteiger partial charge in [0.1, 0.15) is 0 Å². The van der Waals surface area contributed by atoms with Gasteiger partial charge in [-0.25, -0.2) is 0 Å². The number of hydrogen-bond acceptors (Lipinski definition) is 1. The lowest BCUT2D eigenvalue weighted by Gasteiger charge is -1.80. The summed E-state index contributed by atoms with van der Waals surface area (Å²) in [5.74, 6) is 0. The molecule has 0 saturated carbocycles. The summed E-state index contributed by atoms with van der Waals surface area (Å²) in [6.45, 7) is 3.41. The molecule has 0 radical (unpaired) electrons. The SMILES string of the molecule is C=C[SiH](O)[SiH3]. The van der Waals surface area contributed by atoms with Crippen molar-refractivity contribution < 1.29 is 4.80 Å². The minimum absolute atomic E-state index is 0.946. The maximum atomic E-state index is 8.44. The monoisotopic (exact) mass is 104 g/mol. The van der Waals surface area contributed by atoms with Crippen LogP contribution in [-0.4, -0.2) is 23.1 Å². The van der Waals surface area contributed by atoms with Gasteiger partial charge in [-0.15, -0.1) is 6.58 Å². The van der Waals surface area contributed by atoms with Gasteiger partial charge in [0.15, 0.2) is 8.56 Å². The number of hydrogen-bond donors (Lipinski definition) is 1. The highest BCUT2D eigenvalue weighted by Crippen LogP contribution is 1.59. The molecule has 0 aromatic heterocycles. The van der Waals surface area contributed by atoms with Gasteiger partial charge in [0.25, 0.3) is 0 Å². The Morgan fingerprint density at radius 1 is 2.00 bits per heavy atom. The average molecular weight is 104 g/mol. The fourth-order valence-electron chi connectivity index (χ4n) is 0. The van der Waals surface area contributed by atoms with Gasteiger partial charge < -0.3 is 4.80 Å². The summed E-state index contributed by atoms with van der Waals surface area (Å²) in [4.78, 5) is 8.44. The van der Waals surface area contributed by atoms with E-state index >= 15 is 0 Å². The zero-order chi connectivity index (χ0) is 4.28. The van der Waals surface area contributed by atoms with Gasteiger partial charge in [0.05, 0.1) is 0 Å². The van der Waals surface area contributed by atoms with E-state index in [1.54, 1.807) is 5.70 Å². The molecule has 5 heavy (non-hydrogen) atoms. The van der Waals surface area contributed by atoms with Crippen molar-refractivity contribution in [1.82, 2.24) is 0 Å². The van der Waals surface area contributed by atoms with E-state index in [4.69, 9.17) is 4.80 Å². The first-order chi connectivity index (χ1) is 2.27. The van der Waals surface area contributed by atoms with Crippen molar-refractivity contribution in [1.29, 1.82) is 0 Å². The van der Waals surface area contributed by atoms with Crippen molar-refractivity contribution in [2.45, 2.75) is 0 Å². The van der Waals surface area contributed by atoms with Crippen molar-refractivity contribution in [3.05, 3.63) is 12.3 Å². The van der Waals surface area contributed by atoms with Crippen LogP contribution >= 0.6 is 0 Å². The Hall–Kier alpha value is 0.134. The fourth-order valence-corrected chi connectivity index (χ4v) is 0. The molecule has 0 aliphatic heterocycles. The van der Waals surface area contributed by atoms with Crippen molar-refractivity contribution in [3.8, 4) is 0 Å². The van der Waals surface area contributed by atoms with Crippen molar-refractivity contribution in [2.75, 3.05) is 0 Å². The third kappa shape index (κ3) is 4.13. The average Bonchev–Trinajstić information content (AvgIpc) is 1.38. The Morgan fingerprint density at radius 3 is 2.20 bits per heavy atom. The molecule has 0 aliphatic carbocycles. The molecule has 0 bridgehead atoms. The molecule has 0 spiro atoms. The summed E-state index contributed by atoms with van der Waals surface area (Å²) in [5, 5.41) is 0. The minimum atomic E-state index is -1.25. The van der Waals surface area contributed by atoms with Gasteiger partial charge >= 0.3 is 0 Å². The predicted molar refractivity (Wildman–Crippen MR) is 29.5 cm³/mol. The summed E-state index contributed by atoms with van der Waals surface area (Å²) in [7, 11) is -0.301. The molecule has 0 amide bonds. The molecule has 1 nitrogen and oxygen atoms in total. The molecule has 0 rings (SSSR count). The van der Waals surface area contributed by atoms with Crippen molar-refractivity contribution in [3.63, 3.8) is 0 Å². The lowest BCUT2D eigenvalue weighted by atomic mass is 11.3. The van der Waals surface area contributed by atoms with E-state index in [-0.39, 0.29) is 0 Å². The smallest absolute Gasteiger partial charge is 0.172 e. The standard InChI is InChI=1S/C2H8OSi2/c1-2-5(3)4/h2-3,5H,1H2,4H3. The molecular weight excluding hydrogens is 96.2 g/mol. The van der Waals surface area contributed by atoms with Crippen LogP contribution in [-0.2, 0) is 0 Å². The topological polar surface area (TPSA) is 20.2 Å². The van der Waals surface area contributed by atoms with Gasteiger partial charge in [-0.05, 0) is 0 Å². The Bertz CT molecular complexity index is 34.6. The first-order valence-electron chi connectivity index (χ1n) is 1.58. The van der Waals surface area contributed by atoms with Crippen LogP contribution in [0.5, 0.6) is 0 Å². The largest absolute Gasteiger partial charge is 0.435 e. The van der Waals surface area contributed by atoms with Crippen LogP contribution in [0.1, 0.15) is 0 Å². The summed E-state index contributed by atoms with van der Waals surface area (Å²) >= 11 is 0. The molecule has 1 N–H and O–H groups in total. The van der Waals surface area contributed by atoms with E-state index < -0.39 is 8.56 Å². The van der Waals surface area contributed by atoms with Crippen LogP contribution in [0, 0.1) is 0 Å². The van der Waals surface area contributed by atoms with E-state index in [0.717, 1.165) is 9.76 Å². The first kappa shape index (κ1) is 5.13. The molecule has 3 heteroatoms. The van der Waals surface area contributed by atoms with Crippen molar-refractivity contribution >= 4 is 18.3 Å². The van der Waals surface area contributed by atoms with E-state index in [9.17, 15) is 0 Å². The molecule has 0 aromatic carbocycles. The van der Waals surface area contributed by atoms with Crippen LogP contribution in [0.25, 0.3) is 0 Å². The lowest BCUT2D eigenvalue weighted by Crippen LogP contribution is -2.05. The molecule has 1 unspecified atom stereocenters. The van der Waals surface area contributed by atoms with Crippen LogP contribution in [0.3, 0.4) is 0 Å². The second-order valence-corrected chi connectivity index (χ2v) is 6.48. The third-order valence-electron chi connectivity index (χ3n) is 0.341. The number of rotatable bonds is 1. The van der Waals surface area contributed by atoms with Gasteiger partial charge in [0, 0.05) is 9.76 Å². The first-order valence-corrected chi connectivity index (χ1v) is 7.38. The van der Waals surface area contributed by atoms with E-state index in [0.29, 0.717) is 0 Å². The Labute approximate surface area is 36.3 Å². The highest BCUT2D eigenvalue weighted by atomic mass is 29.2. The highest BCUT2D eigenvalue weighted by molar-refractivity contribution is 7.01. The third-order valence-corrected chi connectivity index (χ3v) is 2.44. The second-order valence-electron chi connectivity index (χ2n) is 0.976. The minimum Gasteiger partial charge on any atom is -0.435 e. The van der Waals surface area contributed by atoms with E-state index in [1.807, 2.05) is 0 Å². The lowest BCUT2D eigenvalue weighted by molar-refractivity contribution is 0.606. The Kier molecular flexibility index (Phi) is 2.44.